The summed E-state index contributed by atoms with van der Waals surface area (Å²) in [5.74, 6) is 0.158. The zero-order chi connectivity index (χ0) is 14.2. The highest BCUT2D eigenvalue weighted by Gasteiger charge is 2.32. The number of hydrogen-bond donors (Lipinski definition) is 2. The van der Waals surface area contributed by atoms with Crippen LogP contribution in [0.4, 0.5) is 0 Å². The summed E-state index contributed by atoms with van der Waals surface area (Å²) < 4.78 is 4.99. The number of carbonyl (C=O) groups is 1. The van der Waals surface area contributed by atoms with Crippen molar-refractivity contribution in [1.82, 2.24) is 15.5 Å². The number of likely N-dealkylation sites (tertiary alicyclic amines) is 1. The Morgan fingerprint density at radius 2 is 2.25 bits per heavy atom. The number of hydrogen-bond acceptors (Lipinski definition) is 4. The van der Waals surface area contributed by atoms with Gasteiger partial charge in [0.1, 0.15) is 0 Å². The van der Waals surface area contributed by atoms with E-state index in [1.807, 2.05) is 0 Å². The Balaban J connectivity index is 1.74. The summed E-state index contributed by atoms with van der Waals surface area (Å²) in [6.07, 6.45) is 7.17. The fourth-order valence-electron chi connectivity index (χ4n) is 3.39. The lowest BCUT2D eigenvalue weighted by molar-refractivity contribution is -0.123. The van der Waals surface area contributed by atoms with E-state index in [-0.39, 0.29) is 5.91 Å². The van der Waals surface area contributed by atoms with Crippen LogP contribution in [0.2, 0.25) is 0 Å². The highest BCUT2D eigenvalue weighted by atomic mass is 16.5. The molecule has 2 aliphatic rings. The third kappa shape index (κ3) is 4.72. The average Bonchev–Trinajstić information content (AvgIpc) is 2.98. The van der Waals surface area contributed by atoms with Crippen molar-refractivity contribution in [3.05, 3.63) is 0 Å². The molecule has 0 aromatic heterocycles. The van der Waals surface area contributed by atoms with Gasteiger partial charge in [-0.3, -0.25) is 9.69 Å². The predicted molar refractivity (Wildman–Crippen MR) is 79.7 cm³/mol. The molecule has 5 nitrogen and oxygen atoms in total. The summed E-state index contributed by atoms with van der Waals surface area (Å²) in [5.41, 5.74) is 0. The van der Waals surface area contributed by atoms with E-state index in [0.29, 0.717) is 31.8 Å². The number of nitrogens with zero attached hydrogens (tertiary/aromatic N) is 1. The summed E-state index contributed by atoms with van der Waals surface area (Å²) in [6, 6.07) is 1.15. The smallest absolute Gasteiger partial charge is 0.234 e. The highest BCUT2D eigenvalue weighted by Crippen LogP contribution is 2.23. The number of rotatable bonds is 7. The molecule has 0 radical (unpaired) electrons. The Labute approximate surface area is 122 Å². The standard InChI is InChI=1S/C15H29N3O2/c1-20-11-5-9-17-15(19)12-18-10-3-2-7-14(18)13-6-4-8-16-13/h13-14,16H,2-12H2,1H3,(H,17,19). The second-order valence-corrected chi connectivity index (χ2v) is 5.93. The van der Waals surface area contributed by atoms with Gasteiger partial charge in [-0.2, -0.15) is 0 Å². The second kappa shape index (κ2) is 8.60. The van der Waals surface area contributed by atoms with Crippen LogP contribution in [0.1, 0.15) is 38.5 Å². The van der Waals surface area contributed by atoms with Crippen molar-refractivity contribution in [3.63, 3.8) is 0 Å². The van der Waals surface area contributed by atoms with Crippen LogP contribution < -0.4 is 10.6 Å². The van der Waals surface area contributed by atoms with Crippen LogP contribution >= 0.6 is 0 Å². The van der Waals surface area contributed by atoms with E-state index < -0.39 is 0 Å². The lowest BCUT2D eigenvalue weighted by atomic mass is 9.94. The molecule has 2 N–H and O–H groups in total. The number of carbonyl (C=O) groups excluding carboxylic acids is 1. The third-order valence-electron chi connectivity index (χ3n) is 4.42. The molecule has 2 atom stereocenters. The van der Waals surface area contributed by atoms with Crippen molar-refractivity contribution >= 4 is 5.91 Å². The zero-order valence-corrected chi connectivity index (χ0v) is 12.7. The molecule has 5 heteroatoms. The third-order valence-corrected chi connectivity index (χ3v) is 4.42. The first-order chi connectivity index (χ1) is 9.81. The van der Waals surface area contributed by atoms with Crippen LogP contribution in [-0.2, 0) is 9.53 Å². The van der Waals surface area contributed by atoms with Crippen LogP contribution in [0.15, 0.2) is 0 Å². The molecule has 116 valence electrons. The van der Waals surface area contributed by atoms with Gasteiger partial charge in [-0.05, 0) is 45.2 Å². The molecule has 1 amide bonds. The van der Waals surface area contributed by atoms with E-state index in [2.05, 4.69) is 15.5 Å². The topological polar surface area (TPSA) is 53.6 Å². The van der Waals surface area contributed by atoms with Gasteiger partial charge < -0.3 is 15.4 Å². The molecule has 2 rings (SSSR count). The van der Waals surface area contributed by atoms with Gasteiger partial charge >= 0.3 is 0 Å². The van der Waals surface area contributed by atoms with Crippen molar-refractivity contribution < 1.29 is 9.53 Å². The molecule has 0 spiro atoms. The largest absolute Gasteiger partial charge is 0.385 e. The molecular weight excluding hydrogens is 254 g/mol. The quantitative estimate of drug-likeness (QED) is 0.677. The van der Waals surface area contributed by atoms with Gasteiger partial charge in [0, 0.05) is 32.3 Å². The van der Waals surface area contributed by atoms with Crippen LogP contribution in [0.5, 0.6) is 0 Å². The van der Waals surface area contributed by atoms with Crippen molar-refractivity contribution in [3.8, 4) is 0 Å². The van der Waals surface area contributed by atoms with Gasteiger partial charge in [0.05, 0.1) is 6.54 Å². The lowest BCUT2D eigenvalue weighted by Gasteiger charge is -2.38. The number of piperidine rings is 1. The van der Waals surface area contributed by atoms with E-state index in [1.54, 1.807) is 7.11 Å². The van der Waals surface area contributed by atoms with Crippen molar-refractivity contribution in [1.29, 1.82) is 0 Å². The summed E-state index contributed by atoms with van der Waals surface area (Å²) >= 11 is 0. The highest BCUT2D eigenvalue weighted by molar-refractivity contribution is 5.78. The maximum atomic E-state index is 12.0. The van der Waals surface area contributed by atoms with E-state index >= 15 is 0 Å². The fraction of sp³-hybridized carbons (Fsp3) is 0.933. The van der Waals surface area contributed by atoms with Gasteiger partial charge in [0.15, 0.2) is 0 Å². The number of nitrogens with one attached hydrogen (secondary N) is 2. The Bertz CT molecular complexity index is 293. The van der Waals surface area contributed by atoms with Gasteiger partial charge in [-0.1, -0.05) is 6.42 Å². The van der Waals surface area contributed by atoms with Crippen LogP contribution in [0, 0.1) is 0 Å². The summed E-state index contributed by atoms with van der Waals surface area (Å²) in [7, 11) is 1.69. The molecule has 0 saturated carbocycles. The minimum atomic E-state index is 0.158. The second-order valence-electron chi connectivity index (χ2n) is 5.93. The van der Waals surface area contributed by atoms with Crippen molar-refractivity contribution in [2.75, 3.05) is 39.9 Å². The van der Waals surface area contributed by atoms with Crippen LogP contribution in [0.3, 0.4) is 0 Å². The lowest BCUT2D eigenvalue weighted by Crippen LogP contribution is -2.53. The maximum Gasteiger partial charge on any atom is 0.234 e. The van der Waals surface area contributed by atoms with Crippen molar-refractivity contribution in [2.24, 2.45) is 0 Å². The molecule has 20 heavy (non-hydrogen) atoms. The summed E-state index contributed by atoms with van der Waals surface area (Å²) in [4.78, 5) is 14.4. The first-order valence-corrected chi connectivity index (χ1v) is 8.04. The van der Waals surface area contributed by atoms with Crippen LogP contribution in [0.25, 0.3) is 0 Å². The van der Waals surface area contributed by atoms with Gasteiger partial charge in [-0.15, -0.1) is 0 Å². The fourth-order valence-corrected chi connectivity index (χ4v) is 3.39. The monoisotopic (exact) mass is 283 g/mol. The molecule has 0 aromatic carbocycles. The molecular formula is C15H29N3O2. The first kappa shape index (κ1) is 15.7. The Morgan fingerprint density at radius 1 is 1.35 bits per heavy atom. The van der Waals surface area contributed by atoms with Crippen LogP contribution in [-0.4, -0.2) is 62.8 Å². The van der Waals surface area contributed by atoms with Crippen molar-refractivity contribution in [2.45, 2.75) is 50.6 Å². The molecule has 0 aliphatic carbocycles. The molecule has 2 fully saturated rings. The predicted octanol–water partition coefficient (Wildman–Crippen LogP) is 0.746. The molecule has 0 bridgehead atoms. The summed E-state index contributed by atoms with van der Waals surface area (Å²) in [6.45, 7) is 4.17. The average molecular weight is 283 g/mol. The van der Waals surface area contributed by atoms with Gasteiger partial charge in [-0.25, -0.2) is 0 Å². The molecule has 0 aromatic rings. The number of methoxy groups -OCH3 is 1. The normalized spacial score (nSPS) is 27.6. The van der Waals surface area contributed by atoms with E-state index in [4.69, 9.17) is 4.74 Å². The molecule has 2 saturated heterocycles. The van der Waals surface area contributed by atoms with Gasteiger partial charge in [0.2, 0.25) is 5.91 Å². The van der Waals surface area contributed by atoms with E-state index in [9.17, 15) is 4.79 Å². The molecule has 2 aliphatic heterocycles. The SMILES string of the molecule is COCCCNC(=O)CN1CCCCC1C1CCCN1. The Morgan fingerprint density at radius 3 is 3.00 bits per heavy atom. The Kier molecular flexibility index (Phi) is 6.76. The van der Waals surface area contributed by atoms with E-state index in [0.717, 1.165) is 19.5 Å². The maximum absolute atomic E-state index is 12.0. The van der Waals surface area contributed by atoms with Gasteiger partial charge in [0.25, 0.3) is 0 Å². The molecule has 2 unspecified atom stereocenters. The minimum Gasteiger partial charge on any atom is -0.385 e. The first-order valence-electron chi connectivity index (χ1n) is 8.04. The minimum absolute atomic E-state index is 0.158. The summed E-state index contributed by atoms with van der Waals surface area (Å²) in [5, 5.41) is 6.59. The Hall–Kier alpha value is -0.650. The zero-order valence-electron chi connectivity index (χ0n) is 12.7. The molecule has 2 heterocycles. The number of ether oxygens (including phenoxy) is 1. The number of amides is 1. The van der Waals surface area contributed by atoms with E-state index in [1.165, 1.54) is 32.1 Å².